The first-order valence-corrected chi connectivity index (χ1v) is 8.62. The smallest absolute Gasteiger partial charge is 0.368 e. The van der Waals surface area contributed by atoms with Gasteiger partial charge in [-0.15, -0.1) is 11.3 Å². The Hall–Kier alpha value is -2.44. The zero-order valence-electron chi connectivity index (χ0n) is 13.0. The molecule has 0 aliphatic carbocycles. The van der Waals surface area contributed by atoms with Gasteiger partial charge in [-0.05, 0) is 18.2 Å². The highest BCUT2D eigenvalue weighted by molar-refractivity contribution is 7.17. The van der Waals surface area contributed by atoms with Crippen LogP contribution in [0.1, 0.15) is 10.4 Å². The number of ether oxygens (including phenoxy) is 1. The second-order valence-corrected chi connectivity index (χ2v) is 6.61. The number of carbonyl (C=O) groups is 1. The van der Waals surface area contributed by atoms with Crippen molar-refractivity contribution in [2.45, 2.75) is 0 Å². The van der Waals surface area contributed by atoms with E-state index in [9.17, 15) is 4.79 Å². The highest BCUT2D eigenvalue weighted by atomic mass is 32.1. The predicted molar refractivity (Wildman–Crippen MR) is 94.4 cm³/mol. The standard InChI is InChI=1S/C18H16N2O3S/c21-18-15(17(19-23-18)13-4-2-1-3-5-13)12-14-6-7-16(24-14)20-8-10-22-11-9-20/h1-7,12H,8-11H2/b15-12-. The molecule has 24 heavy (non-hydrogen) atoms. The number of nitrogens with zero attached hydrogens (tertiary/aromatic N) is 2. The van der Waals surface area contributed by atoms with Crippen molar-refractivity contribution in [3.8, 4) is 0 Å². The van der Waals surface area contributed by atoms with Crippen molar-refractivity contribution in [2.75, 3.05) is 31.2 Å². The Morgan fingerprint density at radius 1 is 1.08 bits per heavy atom. The summed E-state index contributed by atoms with van der Waals surface area (Å²) in [4.78, 5) is 20.2. The summed E-state index contributed by atoms with van der Waals surface area (Å²) in [5.41, 5.74) is 1.96. The SMILES string of the molecule is O=C1ON=C(c2ccccc2)/C1=C/c1ccc(N2CCOCC2)s1. The first-order valence-electron chi connectivity index (χ1n) is 7.80. The average Bonchev–Trinajstić information content (AvgIpc) is 3.25. The number of anilines is 1. The lowest BCUT2D eigenvalue weighted by Gasteiger charge is -2.27. The van der Waals surface area contributed by atoms with Crippen LogP contribution < -0.4 is 4.90 Å². The van der Waals surface area contributed by atoms with Crippen molar-refractivity contribution in [1.82, 2.24) is 0 Å². The Morgan fingerprint density at radius 2 is 1.88 bits per heavy atom. The molecule has 0 atom stereocenters. The lowest BCUT2D eigenvalue weighted by Crippen LogP contribution is -2.35. The third-order valence-electron chi connectivity index (χ3n) is 3.96. The fourth-order valence-electron chi connectivity index (χ4n) is 2.73. The van der Waals surface area contributed by atoms with Gasteiger partial charge in [0.15, 0.2) is 0 Å². The minimum Gasteiger partial charge on any atom is -0.378 e. The lowest BCUT2D eigenvalue weighted by molar-refractivity contribution is -0.136. The number of carbonyl (C=O) groups excluding carboxylic acids is 1. The first kappa shape index (κ1) is 15.1. The van der Waals surface area contributed by atoms with Crippen LogP contribution in [-0.2, 0) is 14.4 Å². The molecule has 0 radical (unpaired) electrons. The Morgan fingerprint density at radius 3 is 2.67 bits per heavy atom. The van der Waals surface area contributed by atoms with Crippen LogP contribution in [0.2, 0.25) is 0 Å². The van der Waals surface area contributed by atoms with Gasteiger partial charge in [0.2, 0.25) is 0 Å². The van der Waals surface area contributed by atoms with Crippen LogP contribution in [-0.4, -0.2) is 38.0 Å². The Bertz CT molecular complexity index is 805. The normalized spacial score (nSPS) is 19.5. The van der Waals surface area contributed by atoms with Gasteiger partial charge in [0, 0.05) is 23.5 Å². The van der Waals surface area contributed by atoms with Crippen LogP contribution in [0.15, 0.2) is 53.2 Å². The maximum Gasteiger partial charge on any atom is 0.368 e. The molecule has 0 bridgehead atoms. The summed E-state index contributed by atoms with van der Waals surface area (Å²) in [7, 11) is 0. The fraction of sp³-hybridized carbons (Fsp3) is 0.222. The van der Waals surface area contributed by atoms with Gasteiger partial charge in [0.1, 0.15) is 5.71 Å². The third kappa shape index (κ3) is 2.98. The van der Waals surface area contributed by atoms with Crippen molar-refractivity contribution in [2.24, 2.45) is 5.16 Å². The molecule has 4 rings (SSSR count). The molecule has 122 valence electrons. The van der Waals surface area contributed by atoms with Crippen LogP contribution in [0, 0.1) is 0 Å². The average molecular weight is 340 g/mol. The summed E-state index contributed by atoms with van der Waals surface area (Å²) in [6.45, 7) is 3.31. The molecule has 0 spiro atoms. The number of oxime groups is 1. The van der Waals surface area contributed by atoms with Gasteiger partial charge in [-0.1, -0.05) is 35.5 Å². The van der Waals surface area contributed by atoms with Gasteiger partial charge in [-0.25, -0.2) is 4.79 Å². The molecule has 0 saturated carbocycles. The van der Waals surface area contributed by atoms with Crippen LogP contribution >= 0.6 is 11.3 Å². The maximum atomic E-state index is 12.0. The van der Waals surface area contributed by atoms with E-state index in [-0.39, 0.29) is 0 Å². The molecule has 3 heterocycles. The van der Waals surface area contributed by atoms with Crippen LogP contribution in [0.25, 0.3) is 6.08 Å². The van der Waals surface area contributed by atoms with Gasteiger partial charge in [0.25, 0.3) is 0 Å². The van der Waals surface area contributed by atoms with E-state index in [2.05, 4.69) is 16.1 Å². The molecule has 1 aromatic heterocycles. The predicted octanol–water partition coefficient (Wildman–Crippen LogP) is 2.93. The second-order valence-electron chi connectivity index (χ2n) is 5.52. The molecule has 2 aliphatic rings. The van der Waals surface area contributed by atoms with E-state index in [1.54, 1.807) is 11.3 Å². The molecule has 1 fully saturated rings. The number of benzene rings is 1. The van der Waals surface area contributed by atoms with Crippen molar-refractivity contribution in [3.63, 3.8) is 0 Å². The number of hydrogen-bond acceptors (Lipinski definition) is 6. The van der Waals surface area contributed by atoms with E-state index < -0.39 is 5.97 Å². The Balaban J connectivity index is 1.61. The van der Waals surface area contributed by atoms with E-state index in [0.29, 0.717) is 11.3 Å². The highest BCUT2D eigenvalue weighted by Crippen LogP contribution is 2.30. The van der Waals surface area contributed by atoms with Crippen LogP contribution in [0.5, 0.6) is 0 Å². The lowest BCUT2D eigenvalue weighted by atomic mass is 10.0. The molecule has 0 amide bonds. The Kier molecular flexibility index (Phi) is 4.15. The molecule has 1 aromatic carbocycles. The van der Waals surface area contributed by atoms with Gasteiger partial charge in [-0.3, -0.25) is 0 Å². The quantitative estimate of drug-likeness (QED) is 0.637. The number of thiophene rings is 1. The molecule has 0 N–H and O–H groups in total. The van der Waals surface area contributed by atoms with Gasteiger partial charge in [0.05, 0.1) is 23.8 Å². The largest absolute Gasteiger partial charge is 0.378 e. The number of rotatable bonds is 3. The van der Waals surface area contributed by atoms with Crippen molar-refractivity contribution < 1.29 is 14.4 Å². The third-order valence-corrected chi connectivity index (χ3v) is 5.06. The van der Waals surface area contributed by atoms with Crippen molar-refractivity contribution in [3.05, 3.63) is 58.5 Å². The van der Waals surface area contributed by atoms with E-state index in [1.807, 2.05) is 42.5 Å². The molecular weight excluding hydrogens is 324 g/mol. The second kappa shape index (κ2) is 6.59. The van der Waals surface area contributed by atoms with E-state index in [1.165, 1.54) is 5.00 Å². The number of hydrogen-bond donors (Lipinski definition) is 0. The summed E-state index contributed by atoms with van der Waals surface area (Å²) >= 11 is 1.66. The van der Waals surface area contributed by atoms with E-state index >= 15 is 0 Å². The summed E-state index contributed by atoms with van der Waals surface area (Å²) in [5.74, 6) is -0.407. The molecule has 1 saturated heterocycles. The first-order chi connectivity index (χ1) is 11.8. The highest BCUT2D eigenvalue weighted by Gasteiger charge is 2.27. The van der Waals surface area contributed by atoms with E-state index in [0.717, 1.165) is 36.7 Å². The van der Waals surface area contributed by atoms with E-state index in [4.69, 9.17) is 9.57 Å². The molecule has 0 unspecified atom stereocenters. The molecular formula is C18H16N2O3S. The Labute approximate surface area is 143 Å². The summed E-state index contributed by atoms with van der Waals surface area (Å²) < 4.78 is 5.39. The van der Waals surface area contributed by atoms with Crippen molar-refractivity contribution >= 4 is 34.1 Å². The van der Waals surface area contributed by atoms with Gasteiger partial charge < -0.3 is 14.5 Å². The van der Waals surface area contributed by atoms with Crippen LogP contribution in [0.4, 0.5) is 5.00 Å². The van der Waals surface area contributed by atoms with Crippen molar-refractivity contribution in [1.29, 1.82) is 0 Å². The monoisotopic (exact) mass is 340 g/mol. The summed E-state index contributed by atoms with van der Waals surface area (Å²) in [6.07, 6.45) is 1.86. The zero-order valence-corrected chi connectivity index (χ0v) is 13.8. The molecule has 2 aliphatic heterocycles. The zero-order chi connectivity index (χ0) is 16.4. The summed E-state index contributed by atoms with van der Waals surface area (Å²) in [5, 5.41) is 5.13. The molecule has 6 heteroatoms. The van der Waals surface area contributed by atoms with Gasteiger partial charge >= 0.3 is 5.97 Å². The maximum absolute atomic E-state index is 12.0. The van der Waals surface area contributed by atoms with Gasteiger partial charge in [-0.2, -0.15) is 0 Å². The number of morpholine rings is 1. The van der Waals surface area contributed by atoms with Crippen LogP contribution in [0.3, 0.4) is 0 Å². The topological polar surface area (TPSA) is 51.1 Å². The molecule has 2 aromatic rings. The minimum absolute atomic E-state index is 0.407. The summed E-state index contributed by atoms with van der Waals surface area (Å²) in [6, 6.07) is 13.7. The minimum atomic E-state index is -0.407. The fourth-order valence-corrected chi connectivity index (χ4v) is 3.73. The molecule has 5 nitrogen and oxygen atoms in total.